The van der Waals surface area contributed by atoms with Gasteiger partial charge in [0, 0.05) is 13.6 Å². The summed E-state index contributed by atoms with van der Waals surface area (Å²) in [7, 11) is 1.72. The SMILES string of the molecule is CCN1CCC(CCNC(=O)N(C)CC(C)(C)O)CC1. The van der Waals surface area contributed by atoms with Crippen LogP contribution in [0.4, 0.5) is 4.79 Å². The van der Waals surface area contributed by atoms with Crippen molar-refractivity contribution in [1.82, 2.24) is 15.1 Å². The first-order chi connectivity index (χ1) is 9.31. The van der Waals surface area contributed by atoms with Crippen LogP contribution in [-0.2, 0) is 0 Å². The van der Waals surface area contributed by atoms with Crippen LogP contribution in [0.1, 0.15) is 40.0 Å². The molecule has 0 aromatic carbocycles. The predicted molar refractivity (Wildman–Crippen MR) is 81.8 cm³/mol. The Labute approximate surface area is 123 Å². The standard InChI is InChI=1S/C15H31N3O2/c1-5-18-10-7-13(8-11-18)6-9-16-14(19)17(4)12-15(2,3)20/h13,20H,5-12H2,1-4H3,(H,16,19). The molecule has 1 heterocycles. The molecule has 1 fully saturated rings. The molecule has 0 saturated carbocycles. The topological polar surface area (TPSA) is 55.8 Å². The van der Waals surface area contributed by atoms with E-state index < -0.39 is 5.60 Å². The second kappa shape index (κ2) is 7.84. The summed E-state index contributed by atoms with van der Waals surface area (Å²) in [6.45, 7) is 10.2. The van der Waals surface area contributed by atoms with Crippen LogP contribution in [0.2, 0.25) is 0 Å². The first-order valence-electron chi connectivity index (χ1n) is 7.75. The molecule has 1 aliphatic rings. The molecule has 2 N–H and O–H groups in total. The van der Waals surface area contributed by atoms with Gasteiger partial charge in [0.1, 0.15) is 0 Å². The number of likely N-dealkylation sites (N-methyl/N-ethyl adjacent to an activating group) is 1. The predicted octanol–water partition coefficient (Wildman–Crippen LogP) is 1.52. The normalized spacial score (nSPS) is 18.1. The number of hydrogen-bond donors (Lipinski definition) is 2. The number of rotatable bonds is 6. The number of nitrogens with one attached hydrogen (secondary N) is 1. The zero-order valence-corrected chi connectivity index (χ0v) is 13.5. The van der Waals surface area contributed by atoms with E-state index in [1.54, 1.807) is 25.8 Å². The van der Waals surface area contributed by atoms with Gasteiger partial charge in [-0.1, -0.05) is 6.92 Å². The first kappa shape index (κ1) is 17.2. The van der Waals surface area contributed by atoms with E-state index in [0.717, 1.165) is 25.4 Å². The molecule has 0 aliphatic carbocycles. The van der Waals surface area contributed by atoms with Gasteiger partial charge in [-0.3, -0.25) is 0 Å². The summed E-state index contributed by atoms with van der Waals surface area (Å²) >= 11 is 0. The maximum atomic E-state index is 11.9. The highest BCUT2D eigenvalue weighted by molar-refractivity contribution is 5.73. The zero-order chi connectivity index (χ0) is 15.2. The average Bonchev–Trinajstić information content (AvgIpc) is 2.37. The third kappa shape index (κ3) is 6.57. The fourth-order valence-electron chi connectivity index (χ4n) is 2.76. The quantitative estimate of drug-likeness (QED) is 0.778. The van der Waals surface area contributed by atoms with Crippen molar-refractivity contribution in [2.24, 2.45) is 5.92 Å². The summed E-state index contributed by atoms with van der Waals surface area (Å²) in [5.41, 5.74) is -0.848. The molecular weight excluding hydrogens is 254 g/mol. The number of hydrogen-bond acceptors (Lipinski definition) is 3. The maximum absolute atomic E-state index is 11.9. The number of carbonyl (C=O) groups excluding carboxylic acids is 1. The molecule has 20 heavy (non-hydrogen) atoms. The lowest BCUT2D eigenvalue weighted by atomic mass is 9.93. The van der Waals surface area contributed by atoms with E-state index in [4.69, 9.17) is 0 Å². The Balaban J connectivity index is 2.16. The molecule has 0 bridgehead atoms. The molecule has 1 saturated heterocycles. The Morgan fingerprint density at radius 1 is 1.40 bits per heavy atom. The number of likely N-dealkylation sites (tertiary alicyclic amines) is 1. The van der Waals surface area contributed by atoms with Gasteiger partial charge in [0.2, 0.25) is 0 Å². The van der Waals surface area contributed by atoms with Crippen LogP contribution in [0.5, 0.6) is 0 Å². The van der Waals surface area contributed by atoms with Gasteiger partial charge in [0.15, 0.2) is 0 Å². The average molecular weight is 285 g/mol. The number of aliphatic hydroxyl groups is 1. The van der Waals surface area contributed by atoms with Crippen LogP contribution in [-0.4, -0.2) is 66.3 Å². The largest absolute Gasteiger partial charge is 0.389 e. The molecule has 2 amide bonds. The lowest BCUT2D eigenvalue weighted by Gasteiger charge is -2.31. The van der Waals surface area contributed by atoms with Crippen molar-refractivity contribution in [1.29, 1.82) is 0 Å². The van der Waals surface area contributed by atoms with Gasteiger partial charge in [-0.05, 0) is 58.7 Å². The number of carbonyl (C=O) groups is 1. The number of piperidine rings is 1. The fourth-order valence-corrected chi connectivity index (χ4v) is 2.76. The second-order valence-corrected chi connectivity index (χ2v) is 6.57. The van der Waals surface area contributed by atoms with Crippen molar-refractivity contribution in [3.8, 4) is 0 Å². The third-order valence-electron chi connectivity index (χ3n) is 3.95. The summed E-state index contributed by atoms with van der Waals surface area (Å²) in [5, 5.41) is 12.6. The van der Waals surface area contributed by atoms with E-state index in [9.17, 15) is 9.90 Å². The first-order valence-corrected chi connectivity index (χ1v) is 7.75. The maximum Gasteiger partial charge on any atom is 0.317 e. The molecule has 0 radical (unpaired) electrons. The Kier molecular flexibility index (Phi) is 6.76. The van der Waals surface area contributed by atoms with E-state index >= 15 is 0 Å². The highest BCUT2D eigenvalue weighted by atomic mass is 16.3. The minimum absolute atomic E-state index is 0.0990. The van der Waals surface area contributed by atoms with E-state index in [1.807, 2.05) is 0 Å². The van der Waals surface area contributed by atoms with Gasteiger partial charge in [0.05, 0.1) is 12.1 Å². The molecule has 1 rings (SSSR count). The van der Waals surface area contributed by atoms with Gasteiger partial charge in [-0.25, -0.2) is 4.79 Å². The molecule has 1 aliphatic heterocycles. The van der Waals surface area contributed by atoms with E-state index in [1.165, 1.54) is 25.9 Å². The van der Waals surface area contributed by atoms with Crippen molar-refractivity contribution >= 4 is 6.03 Å². The van der Waals surface area contributed by atoms with Crippen molar-refractivity contribution in [3.63, 3.8) is 0 Å². The Hall–Kier alpha value is -0.810. The van der Waals surface area contributed by atoms with E-state index in [-0.39, 0.29) is 6.03 Å². The number of nitrogens with zero attached hydrogens (tertiary/aromatic N) is 2. The molecule has 0 aromatic rings. The summed E-state index contributed by atoms with van der Waals surface area (Å²) in [5.74, 6) is 0.734. The van der Waals surface area contributed by atoms with Crippen LogP contribution < -0.4 is 5.32 Å². The molecule has 0 spiro atoms. The van der Waals surface area contributed by atoms with Crippen LogP contribution in [0.3, 0.4) is 0 Å². The van der Waals surface area contributed by atoms with Crippen molar-refractivity contribution in [2.45, 2.75) is 45.6 Å². The van der Waals surface area contributed by atoms with Crippen molar-refractivity contribution in [2.75, 3.05) is 39.8 Å². The minimum Gasteiger partial charge on any atom is -0.389 e. The zero-order valence-electron chi connectivity index (χ0n) is 13.5. The monoisotopic (exact) mass is 285 g/mol. The molecule has 0 atom stereocenters. The molecule has 0 unspecified atom stereocenters. The number of amides is 2. The second-order valence-electron chi connectivity index (χ2n) is 6.57. The minimum atomic E-state index is -0.848. The summed E-state index contributed by atoms with van der Waals surface area (Å²) in [6.07, 6.45) is 3.53. The molecule has 5 heteroatoms. The fraction of sp³-hybridized carbons (Fsp3) is 0.933. The van der Waals surface area contributed by atoms with Gasteiger partial charge in [0.25, 0.3) is 0 Å². The summed E-state index contributed by atoms with van der Waals surface area (Å²) in [6, 6.07) is -0.0990. The lowest BCUT2D eigenvalue weighted by Crippen LogP contribution is -2.45. The lowest BCUT2D eigenvalue weighted by molar-refractivity contribution is 0.0531. The highest BCUT2D eigenvalue weighted by Crippen LogP contribution is 2.19. The third-order valence-corrected chi connectivity index (χ3v) is 3.95. The molecule has 118 valence electrons. The van der Waals surface area contributed by atoms with Crippen molar-refractivity contribution < 1.29 is 9.90 Å². The molecule has 5 nitrogen and oxygen atoms in total. The van der Waals surface area contributed by atoms with Gasteiger partial charge < -0.3 is 20.2 Å². The Bertz CT molecular complexity index is 294. The van der Waals surface area contributed by atoms with Gasteiger partial charge in [-0.2, -0.15) is 0 Å². The smallest absolute Gasteiger partial charge is 0.317 e. The summed E-state index contributed by atoms with van der Waals surface area (Å²) in [4.78, 5) is 15.9. The van der Waals surface area contributed by atoms with E-state index in [0.29, 0.717) is 6.54 Å². The van der Waals surface area contributed by atoms with Crippen LogP contribution in [0, 0.1) is 5.92 Å². The Morgan fingerprint density at radius 3 is 2.50 bits per heavy atom. The van der Waals surface area contributed by atoms with Crippen molar-refractivity contribution in [3.05, 3.63) is 0 Å². The van der Waals surface area contributed by atoms with Crippen LogP contribution in [0.15, 0.2) is 0 Å². The molecular formula is C15H31N3O2. The van der Waals surface area contributed by atoms with Crippen LogP contribution in [0.25, 0.3) is 0 Å². The summed E-state index contributed by atoms with van der Waals surface area (Å²) < 4.78 is 0. The van der Waals surface area contributed by atoms with Gasteiger partial charge >= 0.3 is 6.03 Å². The van der Waals surface area contributed by atoms with E-state index in [2.05, 4.69) is 17.1 Å². The molecule has 0 aromatic heterocycles. The highest BCUT2D eigenvalue weighted by Gasteiger charge is 2.20. The van der Waals surface area contributed by atoms with Crippen LogP contribution >= 0.6 is 0 Å². The number of urea groups is 1. The Morgan fingerprint density at radius 2 is 2.00 bits per heavy atom. The van der Waals surface area contributed by atoms with Gasteiger partial charge in [-0.15, -0.1) is 0 Å².